The Kier molecular flexibility index (Phi) is 5.59. The fourth-order valence-electron chi connectivity index (χ4n) is 2.40. The van der Waals surface area contributed by atoms with Gasteiger partial charge in [0.15, 0.2) is 0 Å². The number of hydrogen-bond donors (Lipinski definition) is 2. The molecular weight excluding hydrogens is 332 g/mol. The van der Waals surface area contributed by atoms with Gasteiger partial charge in [-0.2, -0.15) is 0 Å². The molecule has 1 heterocycles. The SMILES string of the molecule is O=C(Cc1cccs1)Nc1cccc(C(=O)NCc2ccccc2)c1. The molecule has 1 aromatic heterocycles. The van der Waals surface area contributed by atoms with Gasteiger partial charge in [0.25, 0.3) is 5.91 Å². The maximum Gasteiger partial charge on any atom is 0.251 e. The third-order valence-electron chi connectivity index (χ3n) is 3.62. The lowest BCUT2D eigenvalue weighted by Crippen LogP contribution is -2.23. The van der Waals surface area contributed by atoms with Gasteiger partial charge in [0.05, 0.1) is 6.42 Å². The predicted octanol–water partition coefficient (Wildman–Crippen LogP) is 3.86. The van der Waals surface area contributed by atoms with Crippen LogP contribution in [-0.4, -0.2) is 11.8 Å². The molecule has 0 saturated heterocycles. The first-order valence-electron chi connectivity index (χ1n) is 7.95. The van der Waals surface area contributed by atoms with Crippen molar-refractivity contribution in [1.29, 1.82) is 0 Å². The fourth-order valence-corrected chi connectivity index (χ4v) is 3.10. The van der Waals surface area contributed by atoms with E-state index in [1.165, 1.54) is 0 Å². The van der Waals surface area contributed by atoms with Crippen molar-refractivity contribution in [2.24, 2.45) is 0 Å². The predicted molar refractivity (Wildman–Crippen MR) is 101 cm³/mol. The lowest BCUT2D eigenvalue weighted by molar-refractivity contribution is -0.115. The Hall–Kier alpha value is -2.92. The van der Waals surface area contributed by atoms with E-state index in [9.17, 15) is 9.59 Å². The van der Waals surface area contributed by atoms with Gasteiger partial charge >= 0.3 is 0 Å². The Morgan fingerprint density at radius 3 is 2.52 bits per heavy atom. The summed E-state index contributed by atoms with van der Waals surface area (Å²) in [6.07, 6.45) is 0.335. The van der Waals surface area contributed by atoms with Gasteiger partial charge in [-0.25, -0.2) is 0 Å². The normalized spacial score (nSPS) is 10.2. The Morgan fingerprint density at radius 1 is 0.920 bits per heavy atom. The van der Waals surface area contributed by atoms with Crippen LogP contribution in [0.25, 0.3) is 0 Å². The highest BCUT2D eigenvalue weighted by Crippen LogP contribution is 2.14. The van der Waals surface area contributed by atoms with Crippen molar-refractivity contribution in [2.75, 3.05) is 5.32 Å². The van der Waals surface area contributed by atoms with Crippen LogP contribution >= 0.6 is 11.3 Å². The minimum atomic E-state index is -0.168. The van der Waals surface area contributed by atoms with Crippen LogP contribution in [0, 0.1) is 0 Å². The number of carbonyl (C=O) groups excluding carboxylic acids is 2. The minimum absolute atomic E-state index is 0.0932. The summed E-state index contributed by atoms with van der Waals surface area (Å²) in [5, 5.41) is 7.66. The molecule has 25 heavy (non-hydrogen) atoms. The number of carbonyl (C=O) groups is 2. The van der Waals surface area contributed by atoms with E-state index >= 15 is 0 Å². The van der Waals surface area contributed by atoms with Crippen LogP contribution in [0.1, 0.15) is 20.8 Å². The zero-order chi connectivity index (χ0) is 17.5. The van der Waals surface area contributed by atoms with Crippen LogP contribution in [0.5, 0.6) is 0 Å². The number of anilines is 1. The van der Waals surface area contributed by atoms with Crippen molar-refractivity contribution in [1.82, 2.24) is 5.32 Å². The number of nitrogens with one attached hydrogen (secondary N) is 2. The van der Waals surface area contributed by atoms with Gasteiger partial charge in [0.2, 0.25) is 5.91 Å². The second kappa shape index (κ2) is 8.26. The largest absolute Gasteiger partial charge is 0.348 e. The van der Waals surface area contributed by atoms with Gasteiger partial charge in [-0.1, -0.05) is 42.5 Å². The van der Waals surface area contributed by atoms with Crippen molar-refractivity contribution < 1.29 is 9.59 Å². The van der Waals surface area contributed by atoms with E-state index in [2.05, 4.69) is 10.6 Å². The van der Waals surface area contributed by atoms with Gasteiger partial charge in [0, 0.05) is 22.7 Å². The van der Waals surface area contributed by atoms with Gasteiger partial charge in [-0.3, -0.25) is 9.59 Å². The summed E-state index contributed by atoms with van der Waals surface area (Å²) < 4.78 is 0. The highest BCUT2D eigenvalue weighted by Gasteiger charge is 2.09. The van der Waals surface area contributed by atoms with Crippen molar-refractivity contribution >= 4 is 28.8 Å². The average molecular weight is 350 g/mol. The smallest absolute Gasteiger partial charge is 0.251 e. The van der Waals surface area contributed by atoms with Crippen molar-refractivity contribution in [3.05, 3.63) is 88.1 Å². The molecular formula is C20H18N2O2S. The molecule has 3 rings (SSSR count). The summed E-state index contributed by atoms with van der Waals surface area (Å²) in [5.41, 5.74) is 2.18. The molecule has 2 amide bonds. The van der Waals surface area contributed by atoms with E-state index in [0.717, 1.165) is 10.4 Å². The third-order valence-corrected chi connectivity index (χ3v) is 4.50. The summed E-state index contributed by atoms with van der Waals surface area (Å²) in [7, 11) is 0. The molecule has 0 aliphatic heterocycles. The first-order valence-corrected chi connectivity index (χ1v) is 8.83. The summed E-state index contributed by atoms with van der Waals surface area (Å²) in [6, 6.07) is 20.5. The first-order chi connectivity index (χ1) is 12.2. The molecule has 0 aliphatic rings. The van der Waals surface area contributed by atoms with Crippen molar-refractivity contribution in [3.8, 4) is 0 Å². The Balaban J connectivity index is 1.58. The Labute approximate surface area is 150 Å². The molecule has 0 radical (unpaired) electrons. The van der Waals surface area contributed by atoms with Crippen LogP contribution in [0.2, 0.25) is 0 Å². The van der Waals surface area contributed by atoms with Crippen LogP contribution < -0.4 is 10.6 Å². The van der Waals surface area contributed by atoms with Crippen LogP contribution in [0.15, 0.2) is 72.1 Å². The maximum atomic E-state index is 12.3. The molecule has 5 heteroatoms. The monoisotopic (exact) mass is 350 g/mol. The Morgan fingerprint density at radius 2 is 1.76 bits per heavy atom. The minimum Gasteiger partial charge on any atom is -0.348 e. The zero-order valence-corrected chi connectivity index (χ0v) is 14.4. The maximum absolute atomic E-state index is 12.3. The zero-order valence-electron chi connectivity index (χ0n) is 13.6. The van der Waals surface area contributed by atoms with E-state index < -0.39 is 0 Å². The summed E-state index contributed by atoms with van der Waals surface area (Å²) in [5.74, 6) is -0.262. The number of benzene rings is 2. The van der Waals surface area contributed by atoms with Crippen LogP contribution in [-0.2, 0) is 17.8 Å². The molecule has 0 unspecified atom stereocenters. The highest BCUT2D eigenvalue weighted by atomic mass is 32.1. The van der Waals surface area contributed by atoms with Gasteiger partial charge in [-0.15, -0.1) is 11.3 Å². The molecule has 3 aromatic rings. The second-order valence-electron chi connectivity index (χ2n) is 5.55. The van der Waals surface area contributed by atoms with Crippen LogP contribution in [0.4, 0.5) is 5.69 Å². The number of thiophene rings is 1. The van der Waals surface area contributed by atoms with E-state index in [1.807, 2.05) is 47.8 Å². The van der Waals surface area contributed by atoms with Gasteiger partial charge in [0.1, 0.15) is 0 Å². The quantitative estimate of drug-likeness (QED) is 0.709. The Bertz CT molecular complexity index is 845. The highest BCUT2D eigenvalue weighted by molar-refractivity contribution is 7.10. The average Bonchev–Trinajstić information content (AvgIpc) is 3.13. The summed E-state index contributed by atoms with van der Waals surface area (Å²) in [6.45, 7) is 0.467. The van der Waals surface area contributed by atoms with Crippen molar-refractivity contribution in [3.63, 3.8) is 0 Å². The number of rotatable bonds is 6. The second-order valence-corrected chi connectivity index (χ2v) is 6.59. The molecule has 2 aromatic carbocycles. The van der Waals surface area contributed by atoms with E-state index in [0.29, 0.717) is 24.2 Å². The molecule has 0 bridgehead atoms. The fraction of sp³-hybridized carbons (Fsp3) is 0.100. The number of hydrogen-bond acceptors (Lipinski definition) is 3. The van der Waals surface area contributed by atoms with E-state index in [-0.39, 0.29) is 11.8 Å². The molecule has 2 N–H and O–H groups in total. The summed E-state index contributed by atoms with van der Waals surface area (Å²) >= 11 is 1.55. The topological polar surface area (TPSA) is 58.2 Å². The lowest BCUT2D eigenvalue weighted by Gasteiger charge is -2.08. The number of amides is 2. The van der Waals surface area contributed by atoms with Crippen LogP contribution in [0.3, 0.4) is 0 Å². The van der Waals surface area contributed by atoms with E-state index in [4.69, 9.17) is 0 Å². The molecule has 4 nitrogen and oxygen atoms in total. The van der Waals surface area contributed by atoms with Crippen molar-refractivity contribution in [2.45, 2.75) is 13.0 Å². The molecule has 126 valence electrons. The molecule has 0 atom stereocenters. The first kappa shape index (κ1) is 16.9. The standard InChI is InChI=1S/C20H18N2O2S/c23-19(13-18-10-5-11-25-18)22-17-9-4-8-16(12-17)20(24)21-14-15-6-2-1-3-7-15/h1-12H,13-14H2,(H,21,24)(H,22,23). The lowest BCUT2D eigenvalue weighted by atomic mass is 10.1. The molecule has 0 saturated carbocycles. The third kappa shape index (κ3) is 5.02. The molecule has 0 fully saturated rings. The van der Waals surface area contributed by atoms with E-state index in [1.54, 1.807) is 35.6 Å². The van der Waals surface area contributed by atoms with Gasteiger partial charge in [-0.05, 0) is 35.2 Å². The van der Waals surface area contributed by atoms with Gasteiger partial charge < -0.3 is 10.6 Å². The summed E-state index contributed by atoms with van der Waals surface area (Å²) in [4.78, 5) is 25.4. The molecule has 0 spiro atoms. The molecule has 0 aliphatic carbocycles.